The second kappa shape index (κ2) is 6.87. The van der Waals surface area contributed by atoms with Gasteiger partial charge in [-0.3, -0.25) is 0 Å². The number of urea groups is 1. The van der Waals surface area contributed by atoms with Crippen LogP contribution in [0.25, 0.3) is 0 Å². The highest BCUT2D eigenvalue weighted by molar-refractivity contribution is 5.77. The summed E-state index contributed by atoms with van der Waals surface area (Å²) in [6, 6.07) is -0.344. The number of ether oxygens (including phenoxy) is 1. The lowest BCUT2D eigenvalue weighted by Gasteiger charge is -2.21. The number of carbonyl (C=O) groups is 2. The van der Waals surface area contributed by atoms with E-state index in [1.807, 2.05) is 0 Å². The number of carboxylic acid groups (broad SMARTS) is 1. The first-order valence-electron chi connectivity index (χ1n) is 5.80. The average Bonchev–Trinajstić information content (AvgIpc) is 3.12. The van der Waals surface area contributed by atoms with Crippen LogP contribution in [0.1, 0.15) is 12.8 Å². The first-order chi connectivity index (χ1) is 8.58. The fourth-order valence-electron chi connectivity index (χ4n) is 1.50. The van der Waals surface area contributed by atoms with E-state index in [1.54, 1.807) is 0 Å². The predicted molar refractivity (Wildman–Crippen MR) is 65.0 cm³/mol. The molecule has 2 amide bonds. The van der Waals surface area contributed by atoms with Crippen LogP contribution in [-0.2, 0) is 9.53 Å². The Morgan fingerprint density at radius 3 is 2.72 bits per heavy atom. The van der Waals surface area contributed by atoms with Gasteiger partial charge in [-0.05, 0) is 18.8 Å². The average molecular weight is 254 g/mol. The SMILES string of the molecule is C#CCN(CC1CC1)C(=O)NCC(OC)C(=O)O. The van der Waals surface area contributed by atoms with E-state index in [9.17, 15) is 9.59 Å². The molecule has 1 saturated carbocycles. The van der Waals surface area contributed by atoms with Crippen molar-refractivity contribution >= 4 is 12.0 Å². The van der Waals surface area contributed by atoms with E-state index >= 15 is 0 Å². The molecule has 18 heavy (non-hydrogen) atoms. The molecule has 0 spiro atoms. The van der Waals surface area contributed by atoms with Crippen LogP contribution in [0.2, 0.25) is 0 Å². The maximum absolute atomic E-state index is 11.8. The molecule has 0 aromatic carbocycles. The molecule has 0 aliphatic heterocycles. The van der Waals surface area contributed by atoms with Gasteiger partial charge in [0.25, 0.3) is 0 Å². The highest BCUT2D eigenvalue weighted by Gasteiger charge is 2.27. The second-order valence-electron chi connectivity index (χ2n) is 4.28. The number of nitrogens with zero attached hydrogens (tertiary/aromatic N) is 1. The van der Waals surface area contributed by atoms with E-state index in [0.717, 1.165) is 12.8 Å². The minimum Gasteiger partial charge on any atom is -0.479 e. The first kappa shape index (κ1) is 14.3. The molecule has 100 valence electrons. The lowest BCUT2D eigenvalue weighted by molar-refractivity contribution is -0.148. The molecule has 1 unspecified atom stereocenters. The molecule has 0 aromatic rings. The van der Waals surface area contributed by atoms with Crippen LogP contribution < -0.4 is 5.32 Å². The molecule has 1 atom stereocenters. The molecule has 0 bridgehead atoms. The number of aliphatic carboxylic acids is 1. The summed E-state index contributed by atoms with van der Waals surface area (Å²) in [5.41, 5.74) is 0. The zero-order chi connectivity index (χ0) is 13.5. The van der Waals surface area contributed by atoms with Crippen molar-refractivity contribution in [2.45, 2.75) is 18.9 Å². The van der Waals surface area contributed by atoms with Crippen LogP contribution in [0.15, 0.2) is 0 Å². The maximum Gasteiger partial charge on any atom is 0.334 e. The van der Waals surface area contributed by atoms with Gasteiger partial charge in [0.15, 0.2) is 6.10 Å². The Kier molecular flexibility index (Phi) is 5.46. The molecule has 0 radical (unpaired) electrons. The molecule has 1 aliphatic rings. The zero-order valence-electron chi connectivity index (χ0n) is 10.4. The van der Waals surface area contributed by atoms with Gasteiger partial charge in [-0.2, -0.15) is 0 Å². The third-order valence-electron chi connectivity index (χ3n) is 2.74. The van der Waals surface area contributed by atoms with Crippen molar-refractivity contribution in [2.24, 2.45) is 5.92 Å². The molecular formula is C12H18N2O4. The lowest BCUT2D eigenvalue weighted by Crippen LogP contribution is -2.45. The smallest absolute Gasteiger partial charge is 0.334 e. The number of nitrogens with one attached hydrogen (secondary N) is 1. The molecule has 1 fully saturated rings. The number of terminal acetylenes is 1. The molecule has 0 saturated heterocycles. The Balaban J connectivity index is 2.40. The number of carboxylic acids is 1. The van der Waals surface area contributed by atoms with Crippen molar-refractivity contribution in [3.8, 4) is 12.3 Å². The number of rotatable bonds is 7. The van der Waals surface area contributed by atoms with Crippen LogP contribution in [0.4, 0.5) is 4.79 Å². The van der Waals surface area contributed by atoms with Gasteiger partial charge >= 0.3 is 12.0 Å². The summed E-state index contributed by atoms with van der Waals surface area (Å²) in [5, 5.41) is 11.3. The monoisotopic (exact) mass is 254 g/mol. The number of amides is 2. The van der Waals surface area contributed by atoms with E-state index < -0.39 is 12.1 Å². The van der Waals surface area contributed by atoms with Crippen molar-refractivity contribution in [1.29, 1.82) is 0 Å². The Morgan fingerprint density at radius 2 is 2.28 bits per heavy atom. The molecule has 1 aliphatic carbocycles. The number of methoxy groups -OCH3 is 1. The van der Waals surface area contributed by atoms with Crippen LogP contribution in [-0.4, -0.2) is 54.9 Å². The fourth-order valence-corrected chi connectivity index (χ4v) is 1.50. The molecule has 6 nitrogen and oxygen atoms in total. The summed E-state index contributed by atoms with van der Waals surface area (Å²) in [4.78, 5) is 24.0. The zero-order valence-corrected chi connectivity index (χ0v) is 10.4. The van der Waals surface area contributed by atoms with Crippen LogP contribution in [0.3, 0.4) is 0 Å². The third-order valence-corrected chi connectivity index (χ3v) is 2.74. The van der Waals surface area contributed by atoms with Crippen molar-refractivity contribution in [3.05, 3.63) is 0 Å². The third kappa shape index (κ3) is 4.63. The topological polar surface area (TPSA) is 78.9 Å². The van der Waals surface area contributed by atoms with Crippen LogP contribution in [0, 0.1) is 18.3 Å². The Bertz CT molecular complexity index is 346. The lowest BCUT2D eigenvalue weighted by atomic mass is 10.3. The molecule has 2 N–H and O–H groups in total. The highest BCUT2D eigenvalue weighted by atomic mass is 16.5. The van der Waals surface area contributed by atoms with Crippen LogP contribution in [0.5, 0.6) is 0 Å². The summed E-state index contributed by atoms with van der Waals surface area (Å²) in [5.74, 6) is 1.85. The normalized spacial score (nSPS) is 15.6. The summed E-state index contributed by atoms with van der Waals surface area (Å²) in [6.07, 6.45) is 6.39. The maximum atomic E-state index is 11.8. The minimum absolute atomic E-state index is 0.0730. The van der Waals surface area contributed by atoms with E-state index in [0.29, 0.717) is 12.5 Å². The number of hydrogen-bond donors (Lipinski definition) is 2. The van der Waals surface area contributed by atoms with Crippen molar-refractivity contribution in [3.63, 3.8) is 0 Å². The molecular weight excluding hydrogens is 236 g/mol. The standard InChI is InChI=1S/C12H18N2O4/c1-3-6-14(8-9-4-5-9)12(17)13-7-10(18-2)11(15)16/h1,9-10H,4-8H2,2H3,(H,13,17)(H,15,16). The number of carbonyl (C=O) groups excluding carboxylic acids is 1. The van der Waals surface area contributed by atoms with Gasteiger partial charge in [-0.1, -0.05) is 5.92 Å². The summed E-state index contributed by atoms with van der Waals surface area (Å²) >= 11 is 0. The van der Waals surface area contributed by atoms with E-state index in [2.05, 4.69) is 11.2 Å². The summed E-state index contributed by atoms with van der Waals surface area (Å²) in [7, 11) is 1.29. The Hall–Kier alpha value is -1.74. The quantitative estimate of drug-likeness (QED) is 0.633. The number of hydrogen-bond acceptors (Lipinski definition) is 3. The van der Waals surface area contributed by atoms with Gasteiger partial charge in [-0.25, -0.2) is 9.59 Å². The van der Waals surface area contributed by atoms with Crippen molar-refractivity contribution in [1.82, 2.24) is 10.2 Å². The van der Waals surface area contributed by atoms with E-state index in [-0.39, 0.29) is 19.1 Å². The Labute approximate surface area is 106 Å². The Morgan fingerprint density at radius 1 is 1.61 bits per heavy atom. The minimum atomic E-state index is -1.11. The van der Waals surface area contributed by atoms with E-state index in [4.69, 9.17) is 16.3 Å². The molecule has 0 heterocycles. The first-order valence-corrected chi connectivity index (χ1v) is 5.80. The molecule has 1 rings (SSSR count). The van der Waals surface area contributed by atoms with Gasteiger partial charge in [-0.15, -0.1) is 6.42 Å². The van der Waals surface area contributed by atoms with Gasteiger partial charge in [0, 0.05) is 13.7 Å². The highest BCUT2D eigenvalue weighted by Crippen LogP contribution is 2.29. The second-order valence-corrected chi connectivity index (χ2v) is 4.28. The summed E-state index contributed by atoms with van der Waals surface area (Å²) < 4.78 is 4.72. The van der Waals surface area contributed by atoms with Gasteiger partial charge in [0.2, 0.25) is 0 Å². The largest absolute Gasteiger partial charge is 0.479 e. The fraction of sp³-hybridized carbons (Fsp3) is 0.667. The van der Waals surface area contributed by atoms with Crippen molar-refractivity contribution < 1.29 is 19.4 Å². The molecule has 0 aromatic heterocycles. The van der Waals surface area contributed by atoms with Gasteiger partial charge in [0.1, 0.15) is 0 Å². The van der Waals surface area contributed by atoms with Crippen LogP contribution >= 0.6 is 0 Å². The van der Waals surface area contributed by atoms with Gasteiger partial charge in [0.05, 0.1) is 13.1 Å². The summed E-state index contributed by atoms with van der Waals surface area (Å²) in [6.45, 7) is 0.782. The predicted octanol–water partition coefficient (Wildman–Crippen LogP) is 0.141. The van der Waals surface area contributed by atoms with Crippen molar-refractivity contribution in [2.75, 3.05) is 26.7 Å². The van der Waals surface area contributed by atoms with Gasteiger partial charge < -0.3 is 20.1 Å². The molecule has 6 heteroatoms. The van der Waals surface area contributed by atoms with E-state index in [1.165, 1.54) is 12.0 Å².